The second-order valence-corrected chi connectivity index (χ2v) is 10.4. The lowest BCUT2D eigenvalue weighted by Crippen LogP contribution is -2.26. The highest BCUT2D eigenvalue weighted by Gasteiger charge is 2.15. The Morgan fingerprint density at radius 3 is 2.59 bits per heavy atom. The molecule has 0 fully saturated rings. The first-order chi connectivity index (χ1) is 16.3. The minimum atomic E-state index is -3.60. The number of nitrogens with zero attached hydrogens (tertiary/aromatic N) is 4. The molecule has 0 unspecified atom stereocenters. The monoisotopic (exact) mass is 496 g/mol. The summed E-state index contributed by atoms with van der Waals surface area (Å²) in [5.41, 5.74) is 3.50. The normalized spacial score (nSPS) is 11.6. The predicted molar refractivity (Wildman–Crippen MR) is 131 cm³/mol. The Balaban J connectivity index is 1.37. The van der Waals surface area contributed by atoms with Gasteiger partial charge < -0.3 is 5.32 Å². The number of sulfonamides is 1. The Labute approximate surface area is 202 Å². The fourth-order valence-electron chi connectivity index (χ4n) is 3.24. The fourth-order valence-corrected chi connectivity index (χ4v) is 4.95. The van der Waals surface area contributed by atoms with Gasteiger partial charge in [-0.1, -0.05) is 42.1 Å². The van der Waals surface area contributed by atoms with Crippen LogP contribution in [0.5, 0.6) is 0 Å². The average molecular weight is 497 g/mol. The topological polar surface area (TPSA) is 118 Å². The summed E-state index contributed by atoms with van der Waals surface area (Å²) in [4.78, 5) is 12.6. The van der Waals surface area contributed by atoms with Crippen LogP contribution in [-0.4, -0.2) is 46.4 Å². The van der Waals surface area contributed by atoms with E-state index in [-0.39, 0.29) is 23.1 Å². The summed E-state index contributed by atoms with van der Waals surface area (Å²) < 4.78 is 28.9. The minimum Gasteiger partial charge on any atom is -0.325 e. The molecule has 1 amide bonds. The summed E-state index contributed by atoms with van der Waals surface area (Å²) in [5, 5.41) is 16.3. The van der Waals surface area contributed by atoms with Gasteiger partial charge in [-0.3, -0.25) is 4.79 Å². The van der Waals surface area contributed by atoms with E-state index in [4.69, 9.17) is 0 Å². The maximum absolute atomic E-state index is 12.4. The summed E-state index contributed by atoms with van der Waals surface area (Å²) in [6.45, 7) is 4.12. The third-order valence-corrected chi connectivity index (χ3v) is 7.62. The molecule has 4 rings (SSSR count). The molecule has 176 valence electrons. The zero-order valence-electron chi connectivity index (χ0n) is 18.7. The predicted octanol–water partition coefficient (Wildman–Crippen LogP) is 2.99. The average Bonchev–Trinajstić information content (AvgIpc) is 3.23. The van der Waals surface area contributed by atoms with Crippen molar-refractivity contribution in [1.82, 2.24) is 24.5 Å². The first kappa shape index (κ1) is 23.9. The third-order valence-electron chi connectivity index (χ3n) is 5.23. The second-order valence-electron chi connectivity index (χ2n) is 7.60. The Morgan fingerprint density at radius 2 is 1.79 bits per heavy atom. The number of benzene rings is 2. The maximum Gasteiger partial charge on any atom is 0.240 e. The molecule has 11 heteroatoms. The molecule has 0 aliphatic rings. The highest BCUT2D eigenvalue weighted by atomic mass is 32.2. The molecule has 34 heavy (non-hydrogen) atoms. The molecule has 0 radical (unpaired) electrons. The lowest BCUT2D eigenvalue weighted by atomic mass is 10.1. The van der Waals surface area contributed by atoms with Crippen LogP contribution in [0, 0.1) is 13.8 Å². The standard InChI is InChI=1S/C23H24N6O3S2/c1-16-7-6-10-19(17(16)2)25-22(30)15-33-23-12-11-20-26-27-21(29(20)28-23)13-14-24-34(31,32)18-8-4-3-5-9-18/h3-12,24H,13-15H2,1-2H3,(H,25,30). The van der Waals surface area contributed by atoms with E-state index >= 15 is 0 Å². The molecule has 0 saturated carbocycles. The Kier molecular flexibility index (Phi) is 7.25. The van der Waals surface area contributed by atoms with Gasteiger partial charge in [-0.2, -0.15) is 9.61 Å². The SMILES string of the molecule is Cc1cccc(NC(=O)CSc2ccc3nnc(CCNS(=O)(=O)c4ccccc4)n3n2)c1C. The zero-order chi connectivity index (χ0) is 24.1. The number of rotatable bonds is 9. The third kappa shape index (κ3) is 5.61. The molecule has 2 aromatic carbocycles. The van der Waals surface area contributed by atoms with Crippen molar-refractivity contribution in [3.63, 3.8) is 0 Å². The lowest BCUT2D eigenvalue weighted by Gasteiger charge is -2.10. The number of thioether (sulfide) groups is 1. The number of carbonyl (C=O) groups excluding carboxylic acids is 1. The Morgan fingerprint density at radius 1 is 1.00 bits per heavy atom. The first-order valence-corrected chi connectivity index (χ1v) is 13.1. The molecule has 0 bridgehead atoms. The largest absolute Gasteiger partial charge is 0.325 e. The molecule has 0 aliphatic carbocycles. The van der Waals surface area contributed by atoms with Gasteiger partial charge in [0.25, 0.3) is 0 Å². The van der Waals surface area contributed by atoms with E-state index in [0.717, 1.165) is 16.8 Å². The van der Waals surface area contributed by atoms with Gasteiger partial charge >= 0.3 is 0 Å². The molecule has 0 saturated heterocycles. The molecule has 2 aromatic heterocycles. The number of amides is 1. The van der Waals surface area contributed by atoms with E-state index in [2.05, 4.69) is 25.3 Å². The molecule has 9 nitrogen and oxygen atoms in total. The highest BCUT2D eigenvalue weighted by Crippen LogP contribution is 2.20. The van der Waals surface area contributed by atoms with Crippen LogP contribution in [0.25, 0.3) is 5.65 Å². The number of hydrogen-bond acceptors (Lipinski definition) is 7. The van der Waals surface area contributed by atoms with Gasteiger partial charge in [0.05, 0.1) is 10.6 Å². The van der Waals surface area contributed by atoms with Crippen LogP contribution in [0.4, 0.5) is 5.69 Å². The van der Waals surface area contributed by atoms with E-state index in [1.54, 1.807) is 34.8 Å². The molecule has 0 spiro atoms. The van der Waals surface area contributed by atoms with Crippen molar-refractivity contribution >= 4 is 39.0 Å². The molecule has 2 N–H and O–H groups in total. The summed E-state index contributed by atoms with van der Waals surface area (Å²) in [5.74, 6) is 0.591. The number of anilines is 1. The number of hydrogen-bond donors (Lipinski definition) is 2. The molecular weight excluding hydrogens is 472 g/mol. The van der Waals surface area contributed by atoms with Gasteiger partial charge in [0.2, 0.25) is 15.9 Å². The number of nitrogens with one attached hydrogen (secondary N) is 2. The van der Waals surface area contributed by atoms with Crippen LogP contribution < -0.4 is 10.0 Å². The number of aromatic nitrogens is 4. The van der Waals surface area contributed by atoms with E-state index in [9.17, 15) is 13.2 Å². The van der Waals surface area contributed by atoms with Crippen molar-refractivity contribution in [1.29, 1.82) is 0 Å². The van der Waals surface area contributed by atoms with E-state index in [0.29, 0.717) is 22.9 Å². The van der Waals surface area contributed by atoms with Crippen molar-refractivity contribution in [2.75, 3.05) is 17.6 Å². The molecular formula is C23H24N6O3S2. The minimum absolute atomic E-state index is 0.125. The molecule has 0 atom stereocenters. The van der Waals surface area contributed by atoms with Crippen molar-refractivity contribution in [3.8, 4) is 0 Å². The van der Waals surface area contributed by atoms with Gasteiger partial charge in [0.1, 0.15) is 5.03 Å². The van der Waals surface area contributed by atoms with Crippen LogP contribution in [0.1, 0.15) is 17.0 Å². The number of aryl methyl sites for hydroxylation is 1. The molecule has 0 aliphatic heterocycles. The van der Waals surface area contributed by atoms with Gasteiger partial charge in [-0.25, -0.2) is 13.1 Å². The smallest absolute Gasteiger partial charge is 0.240 e. The van der Waals surface area contributed by atoms with Crippen LogP contribution in [0.3, 0.4) is 0 Å². The van der Waals surface area contributed by atoms with Gasteiger partial charge in [-0.15, -0.1) is 10.2 Å². The van der Waals surface area contributed by atoms with Gasteiger partial charge in [-0.05, 0) is 55.3 Å². The van der Waals surface area contributed by atoms with Crippen LogP contribution in [0.15, 0.2) is 70.6 Å². The summed E-state index contributed by atoms with van der Waals surface area (Å²) >= 11 is 1.30. The van der Waals surface area contributed by atoms with Crippen LogP contribution in [-0.2, 0) is 21.2 Å². The van der Waals surface area contributed by atoms with E-state index < -0.39 is 10.0 Å². The summed E-state index contributed by atoms with van der Waals surface area (Å²) in [6.07, 6.45) is 0.307. The van der Waals surface area contributed by atoms with Crippen molar-refractivity contribution in [2.24, 2.45) is 0 Å². The Hall–Kier alpha value is -3.28. The lowest BCUT2D eigenvalue weighted by molar-refractivity contribution is -0.113. The van der Waals surface area contributed by atoms with E-state index in [1.807, 2.05) is 32.0 Å². The quantitative estimate of drug-likeness (QED) is 0.342. The maximum atomic E-state index is 12.4. The van der Waals surface area contributed by atoms with Crippen molar-refractivity contribution in [2.45, 2.75) is 30.2 Å². The van der Waals surface area contributed by atoms with Gasteiger partial charge in [0.15, 0.2) is 11.5 Å². The number of carbonyl (C=O) groups is 1. The highest BCUT2D eigenvalue weighted by molar-refractivity contribution is 7.99. The molecule has 2 heterocycles. The number of fused-ring (bicyclic) bond motifs is 1. The zero-order valence-corrected chi connectivity index (χ0v) is 20.4. The summed E-state index contributed by atoms with van der Waals surface area (Å²) in [6, 6.07) is 17.5. The van der Waals surface area contributed by atoms with E-state index in [1.165, 1.54) is 23.9 Å². The first-order valence-electron chi connectivity index (χ1n) is 10.6. The van der Waals surface area contributed by atoms with Crippen molar-refractivity contribution < 1.29 is 13.2 Å². The Bertz CT molecular complexity index is 1420. The van der Waals surface area contributed by atoms with Gasteiger partial charge in [0, 0.05) is 18.7 Å². The summed E-state index contributed by atoms with van der Waals surface area (Å²) in [7, 11) is -3.60. The van der Waals surface area contributed by atoms with Crippen molar-refractivity contribution in [3.05, 3.63) is 77.6 Å². The fraction of sp³-hybridized carbons (Fsp3) is 0.217. The molecule has 4 aromatic rings. The van der Waals surface area contributed by atoms with Crippen LogP contribution >= 0.6 is 11.8 Å². The van der Waals surface area contributed by atoms with Crippen LogP contribution in [0.2, 0.25) is 0 Å². The second kappa shape index (κ2) is 10.3.